The Morgan fingerprint density at radius 1 is 1.47 bits per heavy atom. The second-order valence-electron chi connectivity index (χ2n) is 5.39. The zero-order valence-corrected chi connectivity index (χ0v) is 13.0. The van der Waals surface area contributed by atoms with Crippen LogP contribution in [0.2, 0.25) is 0 Å². The third-order valence-electron chi connectivity index (χ3n) is 3.78. The van der Waals surface area contributed by atoms with Crippen molar-refractivity contribution in [2.24, 2.45) is 5.92 Å². The molecule has 1 N–H and O–H groups in total. The van der Waals surface area contributed by atoms with Crippen LogP contribution in [0.25, 0.3) is 0 Å². The van der Waals surface area contributed by atoms with Gasteiger partial charge in [-0.3, -0.25) is 0 Å². The number of methoxy groups -OCH3 is 1. The molecule has 2 unspecified atom stereocenters. The van der Waals surface area contributed by atoms with Crippen molar-refractivity contribution in [2.45, 2.75) is 45.8 Å². The molecule has 2 rings (SSSR count). The number of aliphatic hydroxyl groups is 1. The molecule has 1 aliphatic carbocycles. The number of ether oxygens (including phenoxy) is 1. The van der Waals surface area contributed by atoms with Gasteiger partial charge in [0.05, 0.1) is 23.3 Å². The molecule has 0 aromatic carbocycles. The Hall–Kier alpha value is -0.650. The van der Waals surface area contributed by atoms with Gasteiger partial charge in [-0.2, -0.15) is 0 Å². The highest BCUT2D eigenvalue weighted by molar-refractivity contribution is 7.15. The fraction of sp³-hybridized carbons (Fsp3) is 0.786. The van der Waals surface area contributed by atoms with E-state index in [1.807, 2.05) is 6.92 Å². The lowest BCUT2D eigenvalue weighted by atomic mass is 10.2. The fourth-order valence-electron chi connectivity index (χ4n) is 2.40. The van der Waals surface area contributed by atoms with E-state index < -0.39 is 6.10 Å². The predicted molar refractivity (Wildman–Crippen MR) is 78.9 cm³/mol. The van der Waals surface area contributed by atoms with E-state index in [1.165, 1.54) is 12.8 Å². The summed E-state index contributed by atoms with van der Waals surface area (Å²) >= 11 is 1.61. The van der Waals surface area contributed by atoms with Crippen molar-refractivity contribution < 1.29 is 9.84 Å². The minimum Gasteiger partial charge on any atom is -0.388 e. The van der Waals surface area contributed by atoms with Crippen molar-refractivity contribution in [1.82, 2.24) is 4.98 Å². The Balaban J connectivity index is 2.18. The number of aliphatic hydroxyl groups excluding tert-OH is 1. The summed E-state index contributed by atoms with van der Waals surface area (Å²) in [4.78, 5) is 7.96. The molecule has 108 valence electrons. The summed E-state index contributed by atoms with van der Waals surface area (Å²) in [7, 11) is 1.73. The first kappa shape index (κ1) is 14.8. The highest BCUT2D eigenvalue weighted by atomic mass is 32.1. The van der Waals surface area contributed by atoms with E-state index in [4.69, 9.17) is 4.74 Å². The monoisotopic (exact) mass is 284 g/mol. The summed E-state index contributed by atoms with van der Waals surface area (Å²) in [5, 5.41) is 10.8. The van der Waals surface area contributed by atoms with Gasteiger partial charge in [-0.25, -0.2) is 4.98 Å². The summed E-state index contributed by atoms with van der Waals surface area (Å²) < 4.78 is 5.21. The van der Waals surface area contributed by atoms with Crippen LogP contribution in [0.5, 0.6) is 0 Å². The number of hydrogen-bond acceptors (Lipinski definition) is 5. The average molecular weight is 284 g/mol. The van der Waals surface area contributed by atoms with Crippen molar-refractivity contribution in [3.05, 3.63) is 10.6 Å². The van der Waals surface area contributed by atoms with Gasteiger partial charge in [0.15, 0.2) is 5.13 Å². The van der Waals surface area contributed by atoms with E-state index in [-0.39, 0.29) is 0 Å². The van der Waals surface area contributed by atoms with Gasteiger partial charge in [-0.05, 0) is 39.5 Å². The van der Waals surface area contributed by atoms with Gasteiger partial charge in [0, 0.05) is 19.7 Å². The summed E-state index contributed by atoms with van der Waals surface area (Å²) in [6.45, 7) is 7.61. The highest BCUT2D eigenvalue weighted by Gasteiger charge is 2.33. The zero-order valence-electron chi connectivity index (χ0n) is 12.2. The topological polar surface area (TPSA) is 45.6 Å². The smallest absolute Gasteiger partial charge is 0.186 e. The molecule has 19 heavy (non-hydrogen) atoms. The molecule has 0 radical (unpaired) electrons. The summed E-state index contributed by atoms with van der Waals surface area (Å²) in [5.74, 6) is 0.788. The largest absolute Gasteiger partial charge is 0.388 e. The second-order valence-corrected chi connectivity index (χ2v) is 6.40. The van der Waals surface area contributed by atoms with Gasteiger partial charge in [0.1, 0.15) is 0 Å². The maximum Gasteiger partial charge on any atom is 0.186 e. The van der Waals surface area contributed by atoms with Crippen LogP contribution in [-0.2, 0) is 4.74 Å². The third kappa shape index (κ3) is 3.46. The van der Waals surface area contributed by atoms with Crippen molar-refractivity contribution in [3.8, 4) is 0 Å². The predicted octanol–water partition coefficient (Wildman–Crippen LogP) is 2.76. The summed E-state index contributed by atoms with van der Waals surface area (Å²) in [6, 6.07) is 0.502. The first-order valence-electron chi connectivity index (χ1n) is 6.95. The van der Waals surface area contributed by atoms with Crippen molar-refractivity contribution >= 4 is 16.5 Å². The van der Waals surface area contributed by atoms with Crippen LogP contribution in [0.15, 0.2) is 0 Å². The van der Waals surface area contributed by atoms with Crippen LogP contribution in [-0.4, -0.2) is 36.4 Å². The number of thiazole rings is 1. The zero-order chi connectivity index (χ0) is 14.0. The number of anilines is 1. The van der Waals surface area contributed by atoms with Gasteiger partial charge < -0.3 is 14.7 Å². The van der Waals surface area contributed by atoms with Crippen molar-refractivity contribution in [2.75, 3.05) is 25.2 Å². The summed E-state index contributed by atoms with van der Waals surface area (Å²) in [6.07, 6.45) is 2.20. The highest BCUT2D eigenvalue weighted by Crippen LogP contribution is 2.39. The molecule has 1 heterocycles. The molecule has 1 aliphatic rings. The Morgan fingerprint density at radius 3 is 2.63 bits per heavy atom. The molecule has 0 aliphatic heterocycles. The molecule has 2 atom stereocenters. The lowest BCUT2D eigenvalue weighted by Gasteiger charge is -2.28. The average Bonchev–Trinajstić information content (AvgIpc) is 3.13. The van der Waals surface area contributed by atoms with Crippen LogP contribution in [0, 0.1) is 12.8 Å². The van der Waals surface area contributed by atoms with Crippen LogP contribution in [0.4, 0.5) is 5.13 Å². The van der Waals surface area contributed by atoms with Crippen LogP contribution in [0.1, 0.15) is 43.4 Å². The van der Waals surface area contributed by atoms with E-state index in [1.54, 1.807) is 25.4 Å². The van der Waals surface area contributed by atoms with E-state index in [2.05, 4.69) is 16.8 Å². The standard InChI is InChI=1S/C14H24N2O2S/c1-9-13(11(3)17)19-14(15-9)16(7-8-18-4)10(2)12-5-6-12/h10-12,17H,5-8H2,1-4H3. The molecule has 1 aromatic rings. The van der Waals surface area contributed by atoms with E-state index in [0.29, 0.717) is 12.6 Å². The van der Waals surface area contributed by atoms with Crippen LogP contribution < -0.4 is 4.90 Å². The fourth-order valence-corrected chi connectivity index (χ4v) is 3.52. The van der Waals surface area contributed by atoms with E-state index >= 15 is 0 Å². The quantitative estimate of drug-likeness (QED) is 0.836. The number of nitrogens with zero attached hydrogens (tertiary/aromatic N) is 2. The minimum atomic E-state index is -0.438. The van der Waals surface area contributed by atoms with Crippen LogP contribution >= 0.6 is 11.3 Å². The molecule has 1 fully saturated rings. The Morgan fingerprint density at radius 2 is 2.16 bits per heavy atom. The summed E-state index contributed by atoms with van der Waals surface area (Å²) in [5.41, 5.74) is 0.945. The van der Waals surface area contributed by atoms with E-state index in [0.717, 1.165) is 28.2 Å². The Labute approximate surface area is 119 Å². The first-order chi connectivity index (χ1) is 9.04. The molecule has 0 spiro atoms. The second kappa shape index (κ2) is 6.20. The van der Waals surface area contributed by atoms with E-state index in [9.17, 15) is 5.11 Å². The molecule has 0 saturated heterocycles. The van der Waals surface area contributed by atoms with Gasteiger partial charge >= 0.3 is 0 Å². The SMILES string of the molecule is COCCN(c1nc(C)c(C(C)O)s1)C(C)C1CC1. The van der Waals surface area contributed by atoms with Gasteiger partial charge in [-0.1, -0.05) is 11.3 Å². The third-order valence-corrected chi connectivity index (χ3v) is 5.14. The molecule has 5 heteroatoms. The number of aryl methyl sites for hydroxylation is 1. The number of aromatic nitrogens is 1. The Kier molecular flexibility index (Phi) is 4.81. The molecular formula is C14H24N2O2S. The molecule has 1 aromatic heterocycles. The molecule has 4 nitrogen and oxygen atoms in total. The van der Waals surface area contributed by atoms with Crippen LogP contribution in [0.3, 0.4) is 0 Å². The normalized spacial score (nSPS) is 18.4. The molecular weight excluding hydrogens is 260 g/mol. The first-order valence-corrected chi connectivity index (χ1v) is 7.77. The maximum absolute atomic E-state index is 9.76. The van der Waals surface area contributed by atoms with Gasteiger partial charge in [0.25, 0.3) is 0 Å². The van der Waals surface area contributed by atoms with Crippen molar-refractivity contribution in [3.63, 3.8) is 0 Å². The number of rotatable bonds is 7. The lowest BCUT2D eigenvalue weighted by molar-refractivity contribution is 0.202. The van der Waals surface area contributed by atoms with Crippen molar-refractivity contribution in [1.29, 1.82) is 0 Å². The number of hydrogen-bond donors (Lipinski definition) is 1. The molecule has 1 saturated carbocycles. The van der Waals surface area contributed by atoms with Gasteiger partial charge in [-0.15, -0.1) is 0 Å². The Bertz CT molecular complexity index is 416. The lowest BCUT2D eigenvalue weighted by Crippen LogP contribution is -2.37. The minimum absolute atomic E-state index is 0.438. The van der Waals surface area contributed by atoms with Gasteiger partial charge in [0.2, 0.25) is 0 Å². The molecule has 0 amide bonds. The molecule has 0 bridgehead atoms. The maximum atomic E-state index is 9.76.